The fraction of sp³-hybridized carbons (Fsp3) is 0.0513. The third-order valence-electron chi connectivity index (χ3n) is 8.64. The van der Waals surface area contributed by atoms with E-state index in [1.54, 1.807) is 18.5 Å². The molecule has 51 heavy (non-hydrogen) atoms. The summed E-state index contributed by atoms with van der Waals surface area (Å²) < 4.78 is 4.28. The summed E-state index contributed by atoms with van der Waals surface area (Å²) >= 11 is 0. The van der Waals surface area contributed by atoms with Crippen LogP contribution >= 0.6 is 0 Å². The molecule has 0 aliphatic rings. The number of anilines is 3. The van der Waals surface area contributed by atoms with Gasteiger partial charge in [0.05, 0.1) is 45.1 Å². The van der Waals surface area contributed by atoms with Gasteiger partial charge in [0.15, 0.2) is 23.7 Å². The summed E-state index contributed by atoms with van der Waals surface area (Å²) in [7, 11) is 0. The topological polar surface area (TPSA) is 150 Å². The van der Waals surface area contributed by atoms with Gasteiger partial charge < -0.3 is 15.6 Å². The predicted molar refractivity (Wildman–Crippen MR) is 197 cm³/mol. The molecule has 0 radical (unpaired) electrons. The van der Waals surface area contributed by atoms with E-state index in [0.717, 1.165) is 61.5 Å². The zero-order chi connectivity index (χ0) is 34.5. The molecule has 0 bridgehead atoms. The van der Waals surface area contributed by atoms with Crippen LogP contribution in [0.3, 0.4) is 0 Å². The highest BCUT2D eigenvalue weighted by Gasteiger charge is 2.18. The maximum atomic E-state index is 5.92. The Kier molecular flexibility index (Phi) is 7.06. The number of hydrogen-bond acceptors (Lipinski definition) is 10. The Morgan fingerprint density at radius 3 is 2.25 bits per heavy atom. The van der Waals surface area contributed by atoms with Crippen molar-refractivity contribution in [2.45, 2.75) is 13.8 Å². The number of nitrogens with zero attached hydrogens (tertiary/aromatic N) is 10. The summed E-state index contributed by atoms with van der Waals surface area (Å²) in [5.74, 6) is 0.937. The van der Waals surface area contributed by atoms with Crippen LogP contribution in [-0.2, 0) is 0 Å². The van der Waals surface area contributed by atoms with E-state index in [4.69, 9.17) is 25.7 Å². The highest BCUT2D eigenvalue weighted by molar-refractivity contribution is 5.93. The molecule has 0 saturated heterocycles. The molecule has 9 rings (SSSR count). The molecule has 0 atom stereocenters. The molecule has 9 heterocycles. The lowest BCUT2D eigenvalue weighted by molar-refractivity contribution is -0.594. The van der Waals surface area contributed by atoms with Crippen molar-refractivity contribution in [1.82, 2.24) is 44.4 Å². The Morgan fingerprint density at radius 2 is 1.43 bits per heavy atom. The number of pyridine rings is 7. The van der Waals surface area contributed by atoms with Crippen LogP contribution < -0.4 is 15.6 Å². The first-order valence-corrected chi connectivity index (χ1v) is 16.3. The first kappa shape index (κ1) is 29.9. The minimum Gasteiger partial charge on any atom is -0.384 e. The molecular weight excluding hydrogens is 637 g/mol. The quantitative estimate of drug-likeness (QED) is 0.185. The van der Waals surface area contributed by atoms with Gasteiger partial charge >= 0.3 is 0 Å². The average Bonchev–Trinajstić information content (AvgIpc) is 3.57. The Bertz CT molecular complexity index is 2790. The number of hydrogen-bond donors (Lipinski definition) is 2. The third-order valence-corrected chi connectivity index (χ3v) is 8.64. The summed E-state index contributed by atoms with van der Waals surface area (Å²) in [5, 5.41) is 6.21. The summed E-state index contributed by atoms with van der Waals surface area (Å²) in [6.07, 6.45) is 11.2. The van der Waals surface area contributed by atoms with Gasteiger partial charge in [0.25, 0.3) is 0 Å². The highest BCUT2D eigenvalue weighted by atomic mass is 15.0. The van der Waals surface area contributed by atoms with Crippen molar-refractivity contribution in [3.05, 3.63) is 134 Å². The summed E-state index contributed by atoms with van der Waals surface area (Å²) in [6, 6.07) is 27.8. The van der Waals surface area contributed by atoms with Crippen LogP contribution in [0.25, 0.3) is 67.1 Å². The molecule has 0 aromatic carbocycles. The van der Waals surface area contributed by atoms with Gasteiger partial charge in [0.1, 0.15) is 18.0 Å². The Hall–Kier alpha value is -7.21. The molecule has 12 nitrogen and oxygen atoms in total. The lowest BCUT2D eigenvalue weighted by Crippen LogP contribution is -2.29. The third kappa shape index (κ3) is 5.60. The molecule has 9 aromatic heterocycles. The van der Waals surface area contributed by atoms with Crippen molar-refractivity contribution >= 4 is 50.3 Å². The van der Waals surface area contributed by atoms with E-state index in [1.807, 2.05) is 62.4 Å². The molecular formula is C39H29N12+. The molecule has 12 heteroatoms. The second kappa shape index (κ2) is 12.0. The first-order valence-electron chi connectivity index (χ1n) is 16.3. The van der Waals surface area contributed by atoms with Crippen molar-refractivity contribution < 1.29 is 4.57 Å². The van der Waals surface area contributed by atoms with Crippen LogP contribution in [0.15, 0.2) is 122 Å². The van der Waals surface area contributed by atoms with Gasteiger partial charge in [-0.3, -0.25) is 9.97 Å². The predicted octanol–water partition coefficient (Wildman–Crippen LogP) is 6.65. The number of nitrogens with two attached hydrogens (primary N) is 1. The van der Waals surface area contributed by atoms with Gasteiger partial charge in [0.2, 0.25) is 5.69 Å². The van der Waals surface area contributed by atoms with E-state index < -0.39 is 0 Å². The van der Waals surface area contributed by atoms with Crippen LogP contribution in [0.2, 0.25) is 0 Å². The van der Waals surface area contributed by atoms with Gasteiger partial charge in [0, 0.05) is 65.0 Å². The summed E-state index contributed by atoms with van der Waals surface area (Å²) in [6.45, 7) is 3.96. The van der Waals surface area contributed by atoms with Crippen molar-refractivity contribution in [3.63, 3.8) is 0 Å². The number of fused-ring (bicyclic) bond motifs is 3. The van der Waals surface area contributed by atoms with E-state index in [-0.39, 0.29) is 0 Å². The molecule has 0 spiro atoms. The zero-order valence-electron chi connectivity index (χ0n) is 27.6. The second-order valence-electron chi connectivity index (χ2n) is 12.2. The molecule has 0 unspecified atom stereocenters. The molecule has 9 aromatic rings. The molecule has 0 saturated carbocycles. The van der Waals surface area contributed by atoms with E-state index in [1.165, 1.54) is 6.33 Å². The number of rotatable bonds is 6. The van der Waals surface area contributed by atoms with Crippen molar-refractivity contribution in [3.8, 4) is 34.2 Å². The van der Waals surface area contributed by atoms with Crippen molar-refractivity contribution in [2.24, 2.45) is 0 Å². The van der Waals surface area contributed by atoms with E-state index >= 15 is 0 Å². The normalized spacial score (nSPS) is 11.4. The van der Waals surface area contributed by atoms with Gasteiger partial charge in [-0.2, -0.15) is 4.57 Å². The maximum absolute atomic E-state index is 5.92. The lowest BCUT2D eigenvalue weighted by atomic mass is 10.1. The van der Waals surface area contributed by atoms with Crippen LogP contribution in [0.1, 0.15) is 11.4 Å². The number of aromatic nitrogens is 10. The fourth-order valence-corrected chi connectivity index (χ4v) is 6.32. The highest BCUT2D eigenvalue weighted by Crippen LogP contribution is 2.31. The molecule has 0 amide bonds. The van der Waals surface area contributed by atoms with Crippen LogP contribution in [0.5, 0.6) is 0 Å². The van der Waals surface area contributed by atoms with E-state index in [2.05, 4.69) is 83.3 Å². The molecule has 0 aliphatic carbocycles. The monoisotopic (exact) mass is 665 g/mol. The van der Waals surface area contributed by atoms with Gasteiger partial charge in [-0.15, -0.1) is 0 Å². The standard InChI is InChI=1S/C39H29N12/c1-23-6-3-9-29(45-23)33-19-35(28-8-5-13-42-39(28)49-33)51-15-10-25-21-50(14-11-34(25)51)26-16-24(2)46-31(17-26)32-18-30(27-7-4-12-41-38(27)48-32)47-37-20-36(40)43-22-44-37/h3-22H,1-2H3,(H3,40,41,43,44,47,48)/q+1. The lowest BCUT2D eigenvalue weighted by Gasteiger charge is -2.12. The van der Waals surface area contributed by atoms with Crippen LogP contribution in [0, 0.1) is 13.8 Å². The Labute approximate surface area is 291 Å². The zero-order valence-corrected chi connectivity index (χ0v) is 27.6. The first-order chi connectivity index (χ1) is 24.9. The Morgan fingerprint density at radius 1 is 0.667 bits per heavy atom. The minimum atomic E-state index is 0.369. The minimum absolute atomic E-state index is 0.369. The number of nitrogen functional groups attached to an aromatic ring is 1. The van der Waals surface area contributed by atoms with Gasteiger partial charge in [-0.25, -0.2) is 29.9 Å². The summed E-state index contributed by atoms with van der Waals surface area (Å²) in [5.41, 5.74) is 15.6. The second-order valence-corrected chi connectivity index (χ2v) is 12.2. The number of aryl methyl sites for hydroxylation is 2. The molecule has 0 aliphatic heterocycles. The largest absolute Gasteiger partial charge is 0.384 e. The number of nitrogens with one attached hydrogen (secondary N) is 1. The van der Waals surface area contributed by atoms with Crippen LogP contribution in [0.4, 0.5) is 17.3 Å². The Balaban J connectivity index is 1.12. The summed E-state index contributed by atoms with van der Waals surface area (Å²) in [4.78, 5) is 36.8. The SMILES string of the molecule is Cc1cc(-[n+]2ccc3c(ccn3-c3cc(-c4cccc(C)n4)nc4ncccc34)c2)cc(-c2cc(Nc3cc(N)ncn3)c3cccnc3n2)n1. The molecule has 0 fully saturated rings. The average molecular weight is 666 g/mol. The van der Waals surface area contributed by atoms with E-state index in [0.29, 0.717) is 34.3 Å². The molecule has 244 valence electrons. The van der Waals surface area contributed by atoms with Crippen molar-refractivity contribution in [1.29, 1.82) is 0 Å². The van der Waals surface area contributed by atoms with Crippen molar-refractivity contribution in [2.75, 3.05) is 11.1 Å². The van der Waals surface area contributed by atoms with Gasteiger partial charge in [-0.05, 0) is 68.4 Å². The maximum Gasteiger partial charge on any atom is 0.214 e. The van der Waals surface area contributed by atoms with E-state index in [9.17, 15) is 0 Å². The van der Waals surface area contributed by atoms with Gasteiger partial charge in [-0.1, -0.05) is 6.07 Å². The van der Waals surface area contributed by atoms with Crippen LogP contribution in [-0.4, -0.2) is 44.4 Å². The smallest absolute Gasteiger partial charge is 0.214 e. The molecule has 3 N–H and O–H groups in total. The fourth-order valence-electron chi connectivity index (χ4n) is 6.32.